The molecule has 0 amide bonds. The zero-order valence-corrected chi connectivity index (χ0v) is 12.4. The van der Waals surface area contributed by atoms with Crippen molar-refractivity contribution in [2.75, 3.05) is 6.54 Å². The van der Waals surface area contributed by atoms with Crippen LogP contribution in [-0.2, 0) is 12.5 Å². The minimum atomic E-state index is 0.0175. The first kappa shape index (κ1) is 13.2. The van der Waals surface area contributed by atoms with Gasteiger partial charge in [-0.1, -0.05) is 19.9 Å². The van der Waals surface area contributed by atoms with Crippen LogP contribution in [0.25, 0.3) is 10.9 Å². The second-order valence-corrected chi connectivity index (χ2v) is 6.08. The molecule has 2 aromatic rings. The summed E-state index contributed by atoms with van der Waals surface area (Å²) in [5.41, 5.74) is 12.7. The van der Waals surface area contributed by atoms with Crippen molar-refractivity contribution in [2.45, 2.75) is 40.0 Å². The van der Waals surface area contributed by atoms with E-state index in [9.17, 15) is 0 Å². The molecular weight excluding hydrogens is 220 g/mol. The number of hydrogen-bond acceptors (Lipinski definition) is 1. The van der Waals surface area contributed by atoms with Crippen LogP contribution < -0.4 is 5.73 Å². The van der Waals surface area contributed by atoms with E-state index in [0.29, 0.717) is 6.54 Å². The third kappa shape index (κ3) is 1.76. The first-order valence-electron chi connectivity index (χ1n) is 6.56. The van der Waals surface area contributed by atoms with Gasteiger partial charge in [0, 0.05) is 35.6 Å². The monoisotopic (exact) mass is 244 g/mol. The maximum atomic E-state index is 5.98. The molecule has 0 aliphatic heterocycles. The van der Waals surface area contributed by atoms with Crippen LogP contribution >= 0.6 is 0 Å². The maximum absolute atomic E-state index is 5.98. The zero-order valence-electron chi connectivity index (χ0n) is 12.4. The Hall–Kier alpha value is -1.28. The summed E-state index contributed by atoms with van der Waals surface area (Å²) in [4.78, 5) is 0. The van der Waals surface area contributed by atoms with Crippen LogP contribution in [0.3, 0.4) is 0 Å². The molecule has 1 aromatic heterocycles. The van der Waals surface area contributed by atoms with E-state index in [1.54, 1.807) is 0 Å². The van der Waals surface area contributed by atoms with E-state index < -0.39 is 0 Å². The topological polar surface area (TPSA) is 30.9 Å². The van der Waals surface area contributed by atoms with Gasteiger partial charge in [0.25, 0.3) is 0 Å². The summed E-state index contributed by atoms with van der Waals surface area (Å²) < 4.78 is 2.29. The van der Waals surface area contributed by atoms with Gasteiger partial charge < -0.3 is 10.3 Å². The third-order valence-electron chi connectivity index (χ3n) is 4.12. The fraction of sp³-hybridized carbons (Fsp3) is 0.500. The predicted octanol–water partition coefficient (Wildman–Crippen LogP) is 3.34. The van der Waals surface area contributed by atoms with E-state index in [4.69, 9.17) is 5.73 Å². The number of aromatic nitrogens is 1. The molecule has 0 spiro atoms. The van der Waals surface area contributed by atoms with Gasteiger partial charge in [0.15, 0.2) is 0 Å². The molecule has 0 bridgehead atoms. The van der Waals surface area contributed by atoms with Crippen molar-refractivity contribution in [3.63, 3.8) is 0 Å². The maximum Gasteiger partial charge on any atom is 0.0488 e. The molecule has 0 saturated heterocycles. The van der Waals surface area contributed by atoms with E-state index in [-0.39, 0.29) is 5.41 Å². The fourth-order valence-corrected chi connectivity index (χ4v) is 2.99. The normalized spacial score (nSPS) is 12.4. The molecular formula is C16H24N2. The van der Waals surface area contributed by atoms with Crippen LogP contribution in [0.4, 0.5) is 0 Å². The fourth-order valence-electron chi connectivity index (χ4n) is 2.99. The number of nitrogens with zero attached hydrogens (tertiary/aromatic N) is 1. The number of fused-ring (bicyclic) bond motifs is 1. The Kier molecular flexibility index (Phi) is 3.02. The Bertz CT molecular complexity index is 603. The molecule has 2 nitrogen and oxygen atoms in total. The van der Waals surface area contributed by atoms with Crippen molar-refractivity contribution in [1.82, 2.24) is 4.57 Å². The van der Waals surface area contributed by atoms with Crippen molar-refractivity contribution >= 4 is 10.9 Å². The van der Waals surface area contributed by atoms with Gasteiger partial charge in [-0.15, -0.1) is 0 Å². The summed E-state index contributed by atoms with van der Waals surface area (Å²) in [6.07, 6.45) is 0. The molecule has 0 aliphatic rings. The average molecular weight is 244 g/mol. The highest BCUT2D eigenvalue weighted by Gasteiger charge is 2.27. The van der Waals surface area contributed by atoms with Crippen LogP contribution in [0, 0.1) is 20.8 Å². The van der Waals surface area contributed by atoms with Crippen LogP contribution in [0.2, 0.25) is 0 Å². The van der Waals surface area contributed by atoms with Gasteiger partial charge in [-0.25, -0.2) is 0 Å². The molecule has 1 heterocycles. The van der Waals surface area contributed by atoms with Crippen LogP contribution in [-0.4, -0.2) is 11.1 Å². The van der Waals surface area contributed by atoms with E-state index in [2.05, 4.69) is 58.4 Å². The van der Waals surface area contributed by atoms with Gasteiger partial charge >= 0.3 is 0 Å². The summed E-state index contributed by atoms with van der Waals surface area (Å²) in [7, 11) is 2.15. The second-order valence-electron chi connectivity index (χ2n) is 6.08. The number of benzene rings is 1. The smallest absolute Gasteiger partial charge is 0.0488 e. The first-order chi connectivity index (χ1) is 8.29. The van der Waals surface area contributed by atoms with Gasteiger partial charge in [0.05, 0.1) is 0 Å². The van der Waals surface area contributed by atoms with Crippen molar-refractivity contribution in [1.29, 1.82) is 0 Å². The molecule has 2 heteroatoms. The van der Waals surface area contributed by atoms with E-state index in [1.165, 1.54) is 33.3 Å². The standard InChI is InChI=1S/C16H24N2/c1-10-7-11(2)14-13(8-10)18(6)12(3)15(14)16(4,5)9-17/h7-8H,9,17H2,1-6H3. The summed E-state index contributed by atoms with van der Waals surface area (Å²) in [6, 6.07) is 4.53. The molecule has 0 aliphatic carbocycles. The molecule has 0 fully saturated rings. The zero-order chi connectivity index (χ0) is 13.7. The quantitative estimate of drug-likeness (QED) is 0.863. The van der Waals surface area contributed by atoms with Crippen LogP contribution in [0.15, 0.2) is 12.1 Å². The van der Waals surface area contributed by atoms with Crippen molar-refractivity contribution < 1.29 is 0 Å². The molecule has 2 rings (SSSR count). The molecule has 98 valence electrons. The summed E-state index contributed by atoms with van der Waals surface area (Å²) in [5, 5.41) is 1.39. The predicted molar refractivity (Wildman–Crippen MR) is 79.2 cm³/mol. The molecule has 2 N–H and O–H groups in total. The van der Waals surface area contributed by atoms with E-state index in [0.717, 1.165) is 0 Å². The molecule has 1 aromatic carbocycles. The van der Waals surface area contributed by atoms with Crippen molar-refractivity contribution in [3.05, 3.63) is 34.5 Å². The second kappa shape index (κ2) is 4.13. The van der Waals surface area contributed by atoms with Gasteiger partial charge in [-0.2, -0.15) is 0 Å². The lowest BCUT2D eigenvalue weighted by Gasteiger charge is -2.24. The lowest BCUT2D eigenvalue weighted by molar-refractivity contribution is 0.537. The molecule has 18 heavy (non-hydrogen) atoms. The highest BCUT2D eigenvalue weighted by Crippen LogP contribution is 2.36. The minimum Gasteiger partial charge on any atom is -0.348 e. The number of nitrogens with two attached hydrogens (primary N) is 1. The van der Waals surface area contributed by atoms with Gasteiger partial charge in [-0.3, -0.25) is 0 Å². The minimum absolute atomic E-state index is 0.0175. The number of rotatable bonds is 2. The number of hydrogen-bond donors (Lipinski definition) is 1. The lowest BCUT2D eigenvalue weighted by atomic mass is 9.82. The molecule has 0 unspecified atom stereocenters. The van der Waals surface area contributed by atoms with Crippen molar-refractivity contribution in [2.24, 2.45) is 12.8 Å². The average Bonchev–Trinajstić information content (AvgIpc) is 2.54. The Morgan fingerprint density at radius 2 is 1.78 bits per heavy atom. The summed E-state index contributed by atoms with van der Waals surface area (Å²) in [5.74, 6) is 0. The van der Waals surface area contributed by atoms with Crippen LogP contribution in [0.1, 0.15) is 36.2 Å². The Morgan fingerprint density at radius 3 is 2.33 bits per heavy atom. The highest BCUT2D eigenvalue weighted by molar-refractivity contribution is 5.90. The largest absolute Gasteiger partial charge is 0.348 e. The lowest BCUT2D eigenvalue weighted by Crippen LogP contribution is -2.29. The van der Waals surface area contributed by atoms with Gasteiger partial charge in [-0.05, 0) is 43.5 Å². The highest BCUT2D eigenvalue weighted by atomic mass is 14.9. The summed E-state index contributed by atoms with van der Waals surface area (Å²) in [6.45, 7) is 11.7. The summed E-state index contributed by atoms with van der Waals surface area (Å²) >= 11 is 0. The molecule has 0 atom stereocenters. The van der Waals surface area contributed by atoms with Gasteiger partial charge in [0.2, 0.25) is 0 Å². The van der Waals surface area contributed by atoms with Crippen molar-refractivity contribution in [3.8, 4) is 0 Å². The third-order valence-corrected chi connectivity index (χ3v) is 4.12. The SMILES string of the molecule is Cc1cc(C)c2c(C(C)(C)CN)c(C)n(C)c2c1. The van der Waals surface area contributed by atoms with E-state index in [1.807, 2.05) is 0 Å². The first-order valence-corrected chi connectivity index (χ1v) is 6.56. The van der Waals surface area contributed by atoms with E-state index >= 15 is 0 Å². The number of aryl methyl sites for hydroxylation is 3. The Balaban J connectivity index is 2.95. The Morgan fingerprint density at radius 1 is 1.17 bits per heavy atom. The molecule has 0 saturated carbocycles. The Labute approximate surface area is 110 Å². The van der Waals surface area contributed by atoms with Gasteiger partial charge in [0.1, 0.15) is 0 Å². The molecule has 0 radical (unpaired) electrons. The van der Waals surface area contributed by atoms with Crippen LogP contribution in [0.5, 0.6) is 0 Å².